The lowest BCUT2D eigenvalue weighted by Crippen LogP contribution is -2.22. The second-order valence-electron chi connectivity index (χ2n) is 3.30. The molecule has 0 bridgehead atoms. The summed E-state index contributed by atoms with van der Waals surface area (Å²) in [5.74, 6) is -0.148. The van der Waals surface area contributed by atoms with Crippen LogP contribution in [0.15, 0.2) is 28.2 Å². The standard InChI is InChI=1S/C10H9ClN4OS2/c1-6(18-10-15-13-5-17-10)9(16)14-7-3-2-4-12-8(7)11/h2-6H,1H3,(H,14,16)/t6-/m1/s1. The van der Waals surface area contributed by atoms with Crippen LogP contribution in [0.5, 0.6) is 0 Å². The van der Waals surface area contributed by atoms with Gasteiger partial charge in [-0.1, -0.05) is 34.7 Å². The fourth-order valence-corrected chi connectivity index (χ4v) is 2.93. The molecule has 0 spiro atoms. The van der Waals surface area contributed by atoms with Crippen LogP contribution in [0.4, 0.5) is 5.69 Å². The Bertz CT molecular complexity index is 534. The maximum Gasteiger partial charge on any atom is 0.237 e. The number of nitrogens with zero attached hydrogens (tertiary/aromatic N) is 3. The summed E-state index contributed by atoms with van der Waals surface area (Å²) in [4.78, 5) is 15.8. The number of thioether (sulfide) groups is 1. The number of aromatic nitrogens is 3. The minimum atomic E-state index is -0.283. The fraction of sp³-hybridized carbons (Fsp3) is 0.200. The fourth-order valence-electron chi connectivity index (χ4n) is 1.13. The zero-order chi connectivity index (χ0) is 13.0. The zero-order valence-electron chi connectivity index (χ0n) is 9.33. The Morgan fingerprint density at radius 1 is 1.61 bits per heavy atom. The lowest BCUT2D eigenvalue weighted by atomic mass is 10.4. The van der Waals surface area contributed by atoms with Gasteiger partial charge in [0, 0.05) is 6.20 Å². The van der Waals surface area contributed by atoms with Crippen molar-refractivity contribution in [3.05, 3.63) is 29.0 Å². The first-order chi connectivity index (χ1) is 8.66. The molecule has 8 heteroatoms. The third kappa shape index (κ3) is 3.41. The van der Waals surface area contributed by atoms with E-state index in [1.54, 1.807) is 30.8 Å². The summed E-state index contributed by atoms with van der Waals surface area (Å²) in [7, 11) is 0. The highest BCUT2D eigenvalue weighted by Crippen LogP contribution is 2.26. The summed E-state index contributed by atoms with van der Waals surface area (Å²) in [5, 5.41) is 10.3. The minimum Gasteiger partial charge on any atom is -0.322 e. The minimum absolute atomic E-state index is 0.148. The van der Waals surface area contributed by atoms with Crippen molar-refractivity contribution in [1.82, 2.24) is 15.2 Å². The van der Waals surface area contributed by atoms with Crippen LogP contribution in [0.3, 0.4) is 0 Å². The molecule has 1 amide bonds. The van der Waals surface area contributed by atoms with E-state index in [-0.39, 0.29) is 16.3 Å². The molecule has 1 atom stereocenters. The van der Waals surface area contributed by atoms with Crippen LogP contribution in [-0.4, -0.2) is 26.3 Å². The molecule has 0 aromatic carbocycles. The highest BCUT2D eigenvalue weighted by Gasteiger charge is 2.17. The summed E-state index contributed by atoms with van der Waals surface area (Å²) in [5.41, 5.74) is 2.14. The molecule has 2 rings (SSSR count). The summed E-state index contributed by atoms with van der Waals surface area (Å²) in [6.07, 6.45) is 1.57. The van der Waals surface area contributed by atoms with Gasteiger partial charge in [0.15, 0.2) is 9.49 Å². The van der Waals surface area contributed by atoms with Crippen LogP contribution in [0.2, 0.25) is 5.15 Å². The van der Waals surface area contributed by atoms with Gasteiger partial charge in [-0.3, -0.25) is 4.79 Å². The Balaban J connectivity index is 1.98. The lowest BCUT2D eigenvalue weighted by Gasteiger charge is -2.10. The monoisotopic (exact) mass is 300 g/mol. The topological polar surface area (TPSA) is 67.8 Å². The van der Waals surface area contributed by atoms with Crippen LogP contribution < -0.4 is 5.32 Å². The first-order valence-corrected chi connectivity index (χ1v) is 7.15. The zero-order valence-corrected chi connectivity index (χ0v) is 11.7. The number of halogens is 1. The number of carbonyl (C=O) groups is 1. The summed E-state index contributed by atoms with van der Waals surface area (Å²) < 4.78 is 0.759. The van der Waals surface area contributed by atoms with E-state index in [4.69, 9.17) is 11.6 Å². The van der Waals surface area contributed by atoms with Gasteiger partial charge < -0.3 is 5.32 Å². The van der Waals surface area contributed by atoms with Gasteiger partial charge >= 0.3 is 0 Å². The van der Waals surface area contributed by atoms with E-state index in [9.17, 15) is 4.79 Å². The van der Waals surface area contributed by atoms with E-state index in [0.717, 1.165) is 4.34 Å². The predicted octanol–water partition coefficient (Wildman–Crippen LogP) is 2.71. The summed E-state index contributed by atoms with van der Waals surface area (Å²) in [6.45, 7) is 1.80. The van der Waals surface area contributed by atoms with Crippen molar-refractivity contribution in [1.29, 1.82) is 0 Å². The molecule has 1 N–H and O–H groups in total. The Hall–Kier alpha value is -1.18. The van der Waals surface area contributed by atoms with Crippen molar-refractivity contribution in [2.75, 3.05) is 5.32 Å². The smallest absolute Gasteiger partial charge is 0.237 e. The van der Waals surface area contributed by atoms with E-state index < -0.39 is 0 Å². The molecule has 2 heterocycles. The molecule has 94 valence electrons. The van der Waals surface area contributed by atoms with Crippen molar-refractivity contribution < 1.29 is 4.79 Å². The van der Waals surface area contributed by atoms with Crippen molar-refractivity contribution in [2.24, 2.45) is 0 Å². The molecule has 0 saturated carbocycles. The van der Waals surface area contributed by atoms with E-state index in [0.29, 0.717) is 5.69 Å². The average Bonchev–Trinajstić information content (AvgIpc) is 2.84. The SMILES string of the molecule is C[C@@H](Sc1nncs1)C(=O)Nc1cccnc1Cl. The van der Waals surface area contributed by atoms with Gasteiger partial charge in [0.05, 0.1) is 10.9 Å². The van der Waals surface area contributed by atoms with Gasteiger partial charge in [-0.15, -0.1) is 10.2 Å². The molecule has 2 aromatic rings. The van der Waals surface area contributed by atoms with Crippen LogP contribution in [0.25, 0.3) is 0 Å². The Labute approximate surface area is 117 Å². The van der Waals surface area contributed by atoms with Gasteiger partial charge in [0.25, 0.3) is 0 Å². The van der Waals surface area contributed by atoms with E-state index >= 15 is 0 Å². The highest BCUT2D eigenvalue weighted by molar-refractivity contribution is 8.02. The molecule has 18 heavy (non-hydrogen) atoms. The lowest BCUT2D eigenvalue weighted by molar-refractivity contribution is -0.115. The van der Waals surface area contributed by atoms with Gasteiger partial charge in [-0.25, -0.2) is 4.98 Å². The summed E-state index contributed by atoms with van der Waals surface area (Å²) in [6, 6.07) is 3.42. The molecule has 0 fully saturated rings. The number of anilines is 1. The second-order valence-corrected chi connectivity index (χ2v) is 6.07. The Morgan fingerprint density at radius 3 is 3.11 bits per heavy atom. The maximum absolute atomic E-state index is 11.9. The predicted molar refractivity (Wildman–Crippen MR) is 73.1 cm³/mol. The van der Waals surface area contributed by atoms with Crippen LogP contribution in [0, 0.1) is 0 Å². The molecule has 5 nitrogen and oxygen atoms in total. The molecule has 0 aliphatic heterocycles. The molecular weight excluding hydrogens is 292 g/mol. The Morgan fingerprint density at radius 2 is 2.44 bits per heavy atom. The molecule has 0 saturated heterocycles. The van der Waals surface area contributed by atoms with Gasteiger partial charge in [-0.05, 0) is 19.1 Å². The molecule has 0 aliphatic carbocycles. The molecule has 0 radical (unpaired) electrons. The van der Waals surface area contributed by atoms with Crippen molar-refractivity contribution in [3.63, 3.8) is 0 Å². The second kappa shape index (κ2) is 6.12. The first kappa shape index (κ1) is 13.3. The molecule has 0 aliphatic rings. The number of pyridine rings is 1. The largest absolute Gasteiger partial charge is 0.322 e. The Kier molecular flexibility index (Phi) is 4.51. The van der Waals surface area contributed by atoms with Gasteiger partial charge in [0.1, 0.15) is 5.51 Å². The number of hydrogen-bond donors (Lipinski definition) is 1. The van der Waals surface area contributed by atoms with Crippen LogP contribution in [-0.2, 0) is 4.79 Å². The maximum atomic E-state index is 11.9. The molecule has 0 unspecified atom stereocenters. The number of nitrogens with one attached hydrogen (secondary N) is 1. The van der Waals surface area contributed by atoms with E-state index in [1.165, 1.54) is 23.1 Å². The third-order valence-electron chi connectivity index (χ3n) is 2.00. The normalized spacial score (nSPS) is 12.1. The van der Waals surface area contributed by atoms with E-state index in [2.05, 4.69) is 20.5 Å². The quantitative estimate of drug-likeness (QED) is 0.694. The summed E-state index contributed by atoms with van der Waals surface area (Å²) >= 11 is 8.62. The van der Waals surface area contributed by atoms with Gasteiger partial charge in [0.2, 0.25) is 5.91 Å². The van der Waals surface area contributed by atoms with Crippen LogP contribution in [0.1, 0.15) is 6.92 Å². The number of hydrogen-bond acceptors (Lipinski definition) is 6. The van der Waals surface area contributed by atoms with E-state index in [1.807, 2.05) is 0 Å². The van der Waals surface area contributed by atoms with Gasteiger partial charge in [-0.2, -0.15) is 0 Å². The van der Waals surface area contributed by atoms with Crippen molar-refractivity contribution in [3.8, 4) is 0 Å². The van der Waals surface area contributed by atoms with Crippen LogP contribution >= 0.6 is 34.7 Å². The average molecular weight is 301 g/mol. The first-order valence-electron chi connectivity index (χ1n) is 5.01. The number of carbonyl (C=O) groups excluding carboxylic acids is 1. The third-order valence-corrected chi connectivity index (χ3v) is 4.22. The molecular formula is C10H9ClN4OS2. The van der Waals surface area contributed by atoms with Crippen molar-refractivity contribution >= 4 is 46.3 Å². The number of rotatable bonds is 4. The van der Waals surface area contributed by atoms with Crippen molar-refractivity contribution in [2.45, 2.75) is 16.5 Å². The number of amides is 1. The highest BCUT2D eigenvalue weighted by atomic mass is 35.5. The molecule has 2 aromatic heterocycles.